The van der Waals surface area contributed by atoms with Crippen LogP contribution in [0.1, 0.15) is 0 Å². The van der Waals surface area contributed by atoms with E-state index in [0.29, 0.717) is 0 Å². The molecule has 16 heavy (non-hydrogen) atoms. The molecule has 7 nitrogen and oxygen atoms in total. The number of esters is 1. The molecule has 0 unspecified atom stereocenters. The molecule has 0 radical (unpaired) electrons. The van der Waals surface area contributed by atoms with Crippen LogP contribution in [0.5, 0.6) is 0 Å². The number of likely N-dealkylation sites (N-methyl/N-ethyl adjacent to an activating group) is 1. The molecule has 90 valence electrons. The van der Waals surface area contributed by atoms with Crippen LogP contribution in [0.25, 0.3) is 0 Å². The SMILES string of the molecule is C=CC(=O)OCCOC(=O)NCC(=O)NC. The fourth-order valence-electron chi connectivity index (χ4n) is 0.627. The van der Waals surface area contributed by atoms with E-state index in [0.717, 1.165) is 6.08 Å². The van der Waals surface area contributed by atoms with Crippen LogP contribution >= 0.6 is 0 Å². The van der Waals surface area contributed by atoms with Crippen molar-refractivity contribution in [2.75, 3.05) is 26.8 Å². The molecule has 0 saturated heterocycles. The predicted octanol–water partition coefficient (Wildman–Crippen LogP) is -0.812. The second-order valence-electron chi connectivity index (χ2n) is 2.53. The molecule has 0 bridgehead atoms. The zero-order valence-electron chi connectivity index (χ0n) is 8.95. The van der Waals surface area contributed by atoms with Crippen molar-refractivity contribution >= 4 is 18.0 Å². The minimum Gasteiger partial charge on any atom is -0.459 e. The number of hydrogen-bond donors (Lipinski definition) is 2. The first-order valence-electron chi connectivity index (χ1n) is 4.50. The molecule has 0 aliphatic heterocycles. The summed E-state index contributed by atoms with van der Waals surface area (Å²) in [5.41, 5.74) is 0. The molecular formula is C9H14N2O5. The lowest BCUT2D eigenvalue weighted by molar-refractivity contribution is -0.138. The fraction of sp³-hybridized carbons (Fsp3) is 0.444. The van der Waals surface area contributed by atoms with Crippen molar-refractivity contribution in [1.29, 1.82) is 0 Å². The van der Waals surface area contributed by atoms with Crippen molar-refractivity contribution < 1.29 is 23.9 Å². The van der Waals surface area contributed by atoms with Crippen LogP contribution in [-0.4, -0.2) is 44.8 Å². The van der Waals surface area contributed by atoms with Crippen LogP contribution < -0.4 is 10.6 Å². The Labute approximate surface area is 92.8 Å². The summed E-state index contributed by atoms with van der Waals surface area (Å²) < 4.78 is 9.14. The summed E-state index contributed by atoms with van der Waals surface area (Å²) in [5.74, 6) is -0.926. The lowest BCUT2D eigenvalue weighted by Crippen LogP contribution is -2.35. The Kier molecular flexibility index (Phi) is 7.21. The summed E-state index contributed by atoms with van der Waals surface area (Å²) in [6, 6.07) is 0. The Morgan fingerprint density at radius 1 is 1.25 bits per heavy atom. The average molecular weight is 230 g/mol. The third kappa shape index (κ3) is 7.36. The van der Waals surface area contributed by atoms with Gasteiger partial charge in [0, 0.05) is 13.1 Å². The Morgan fingerprint density at radius 2 is 1.88 bits per heavy atom. The van der Waals surface area contributed by atoms with E-state index in [-0.39, 0.29) is 25.7 Å². The van der Waals surface area contributed by atoms with E-state index in [2.05, 4.69) is 26.7 Å². The third-order valence-electron chi connectivity index (χ3n) is 1.40. The van der Waals surface area contributed by atoms with Gasteiger partial charge in [-0.25, -0.2) is 9.59 Å². The molecule has 0 heterocycles. The Hall–Kier alpha value is -2.05. The lowest BCUT2D eigenvalue weighted by Gasteiger charge is -2.06. The maximum atomic E-state index is 10.9. The Bertz CT molecular complexity index is 277. The number of alkyl carbamates (subject to hydrolysis) is 1. The first-order chi connectivity index (χ1) is 7.60. The van der Waals surface area contributed by atoms with E-state index in [9.17, 15) is 14.4 Å². The molecule has 0 spiro atoms. The van der Waals surface area contributed by atoms with Crippen LogP contribution in [-0.2, 0) is 19.1 Å². The normalized spacial score (nSPS) is 8.81. The zero-order chi connectivity index (χ0) is 12.4. The van der Waals surface area contributed by atoms with Gasteiger partial charge in [-0.2, -0.15) is 0 Å². The fourth-order valence-corrected chi connectivity index (χ4v) is 0.627. The molecule has 0 rings (SSSR count). The van der Waals surface area contributed by atoms with Crippen LogP contribution in [0.4, 0.5) is 4.79 Å². The molecule has 2 N–H and O–H groups in total. The number of carbonyl (C=O) groups is 3. The summed E-state index contributed by atoms with van der Waals surface area (Å²) in [6.45, 7) is 2.89. The summed E-state index contributed by atoms with van der Waals surface area (Å²) in [7, 11) is 1.45. The second-order valence-corrected chi connectivity index (χ2v) is 2.53. The number of amides is 2. The first kappa shape index (κ1) is 13.9. The molecule has 0 fully saturated rings. The average Bonchev–Trinajstić information content (AvgIpc) is 2.31. The lowest BCUT2D eigenvalue weighted by atomic mass is 10.6. The summed E-state index contributed by atoms with van der Waals surface area (Å²) in [6.07, 6.45) is 0.254. The topological polar surface area (TPSA) is 93.7 Å². The maximum Gasteiger partial charge on any atom is 0.407 e. The van der Waals surface area contributed by atoms with E-state index in [4.69, 9.17) is 0 Å². The van der Waals surface area contributed by atoms with Gasteiger partial charge in [0.2, 0.25) is 5.91 Å². The maximum absolute atomic E-state index is 10.9. The van der Waals surface area contributed by atoms with Gasteiger partial charge in [-0.3, -0.25) is 4.79 Å². The minimum atomic E-state index is -0.752. The van der Waals surface area contributed by atoms with Crippen molar-refractivity contribution in [1.82, 2.24) is 10.6 Å². The molecule has 0 aliphatic rings. The number of hydrogen-bond acceptors (Lipinski definition) is 5. The zero-order valence-corrected chi connectivity index (χ0v) is 8.95. The minimum absolute atomic E-state index is 0.0573. The second kappa shape index (κ2) is 8.27. The van der Waals surface area contributed by atoms with Crippen LogP contribution in [0, 0.1) is 0 Å². The monoisotopic (exact) mass is 230 g/mol. The molecule has 0 aromatic heterocycles. The molecule has 0 atom stereocenters. The van der Waals surface area contributed by atoms with E-state index in [1.54, 1.807) is 0 Å². The predicted molar refractivity (Wildman–Crippen MR) is 54.6 cm³/mol. The third-order valence-corrected chi connectivity index (χ3v) is 1.40. The number of carbonyl (C=O) groups excluding carboxylic acids is 3. The molecular weight excluding hydrogens is 216 g/mol. The smallest absolute Gasteiger partial charge is 0.407 e. The number of rotatable bonds is 6. The molecule has 0 saturated carbocycles. The highest BCUT2D eigenvalue weighted by Crippen LogP contribution is 1.82. The van der Waals surface area contributed by atoms with Gasteiger partial charge in [-0.05, 0) is 0 Å². The van der Waals surface area contributed by atoms with Gasteiger partial charge in [0.25, 0.3) is 0 Å². The molecule has 0 aliphatic carbocycles. The van der Waals surface area contributed by atoms with Crippen molar-refractivity contribution in [3.8, 4) is 0 Å². The molecule has 0 aromatic carbocycles. The summed E-state index contributed by atoms with van der Waals surface area (Å²) in [4.78, 5) is 32.2. The highest BCUT2D eigenvalue weighted by atomic mass is 16.6. The van der Waals surface area contributed by atoms with E-state index >= 15 is 0 Å². The molecule has 2 amide bonds. The van der Waals surface area contributed by atoms with E-state index in [1.807, 2.05) is 0 Å². The van der Waals surface area contributed by atoms with Crippen molar-refractivity contribution in [3.05, 3.63) is 12.7 Å². The van der Waals surface area contributed by atoms with Crippen molar-refractivity contribution in [3.63, 3.8) is 0 Å². The van der Waals surface area contributed by atoms with Gasteiger partial charge >= 0.3 is 12.1 Å². The Balaban J connectivity index is 3.47. The number of ether oxygens (including phenoxy) is 2. The number of nitrogens with one attached hydrogen (secondary N) is 2. The highest BCUT2D eigenvalue weighted by molar-refractivity contribution is 5.82. The van der Waals surface area contributed by atoms with E-state index in [1.165, 1.54) is 7.05 Å². The molecule has 0 aromatic rings. The van der Waals surface area contributed by atoms with Gasteiger partial charge in [-0.1, -0.05) is 6.58 Å². The molecule has 7 heteroatoms. The van der Waals surface area contributed by atoms with Gasteiger partial charge < -0.3 is 20.1 Å². The first-order valence-corrected chi connectivity index (χ1v) is 4.50. The van der Waals surface area contributed by atoms with Gasteiger partial charge in [0.05, 0.1) is 6.54 Å². The van der Waals surface area contributed by atoms with Gasteiger partial charge in [0.1, 0.15) is 13.2 Å². The standard InChI is InChI=1S/C9H14N2O5/c1-3-8(13)15-4-5-16-9(14)11-6-7(12)10-2/h3H,1,4-6H2,2H3,(H,10,12)(H,11,14). The van der Waals surface area contributed by atoms with Crippen LogP contribution in [0.15, 0.2) is 12.7 Å². The van der Waals surface area contributed by atoms with E-state index < -0.39 is 12.1 Å². The van der Waals surface area contributed by atoms with Crippen molar-refractivity contribution in [2.24, 2.45) is 0 Å². The van der Waals surface area contributed by atoms with Gasteiger partial charge in [-0.15, -0.1) is 0 Å². The Morgan fingerprint density at radius 3 is 2.44 bits per heavy atom. The summed E-state index contributed by atoms with van der Waals surface area (Å²) in [5, 5.41) is 4.52. The summed E-state index contributed by atoms with van der Waals surface area (Å²) >= 11 is 0. The largest absolute Gasteiger partial charge is 0.459 e. The highest BCUT2D eigenvalue weighted by Gasteiger charge is 2.04. The van der Waals surface area contributed by atoms with Gasteiger partial charge in [0.15, 0.2) is 0 Å². The van der Waals surface area contributed by atoms with Crippen molar-refractivity contribution in [2.45, 2.75) is 0 Å². The van der Waals surface area contributed by atoms with Crippen LogP contribution in [0.2, 0.25) is 0 Å². The van der Waals surface area contributed by atoms with Crippen LogP contribution in [0.3, 0.4) is 0 Å². The quantitative estimate of drug-likeness (QED) is 0.353.